The van der Waals surface area contributed by atoms with Crippen LogP contribution in [0.25, 0.3) is 0 Å². The minimum absolute atomic E-state index is 0.402. The van der Waals surface area contributed by atoms with Crippen LogP contribution in [0.1, 0.15) is 44.9 Å². The fourth-order valence-corrected chi connectivity index (χ4v) is 2.11. The SMILES string of the molecule is Cc1ccc(C(O)CN(C(C)C)C(C)C)cc1. The van der Waals surface area contributed by atoms with Gasteiger partial charge in [0.15, 0.2) is 0 Å². The van der Waals surface area contributed by atoms with Crippen LogP contribution in [-0.4, -0.2) is 28.6 Å². The van der Waals surface area contributed by atoms with Gasteiger partial charge in [0.25, 0.3) is 0 Å². The van der Waals surface area contributed by atoms with Crippen LogP contribution in [0.15, 0.2) is 24.3 Å². The Morgan fingerprint density at radius 1 is 1.00 bits per heavy atom. The molecule has 2 heteroatoms. The second-order valence-corrected chi connectivity index (χ2v) is 5.31. The topological polar surface area (TPSA) is 23.5 Å². The Balaban J connectivity index is 2.70. The summed E-state index contributed by atoms with van der Waals surface area (Å²) in [4.78, 5) is 2.31. The molecule has 0 aromatic heterocycles. The number of rotatable bonds is 5. The second kappa shape index (κ2) is 6.18. The summed E-state index contributed by atoms with van der Waals surface area (Å²) in [6, 6.07) is 9.03. The third-order valence-corrected chi connectivity index (χ3v) is 3.17. The molecule has 0 amide bonds. The van der Waals surface area contributed by atoms with Gasteiger partial charge in [0, 0.05) is 18.6 Å². The highest BCUT2D eigenvalue weighted by atomic mass is 16.3. The predicted octanol–water partition coefficient (Wildman–Crippen LogP) is 3.15. The maximum absolute atomic E-state index is 10.2. The Hall–Kier alpha value is -0.860. The Kier molecular flexibility index (Phi) is 5.16. The Morgan fingerprint density at radius 2 is 1.47 bits per heavy atom. The van der Waals surface area contributed by atoms with Crippen molar-refractivity contribution in [2.45, 2.75) is 52.8 Å². The van der Waals surface area contributed by atoms with Crippen molar-refractivity contribution >= 4 is 0 Å². The third kappa shape index (κ3) is 4.14. The van der Waals surface area contributed by atoms with E-state index in [1.54, 1.807) is 0 Å². The van der Waals surface area contributed by atoms with Crippen LogP contribution in [0.4, 0.5) is 0 Å². The first-order chi connectivity index (χ1) is 7.91. The van der Waals surface area contributed by atoms with Gasteiger partial charge in [-0.2, -0.15) is 0 Å². The molecule has 1 N–H and O–H groups in total. The van der Waals surface area contributed by atoms with Gasteiger partial charge in [0.2, 0.25) is 0 Å². The molecule has 0 aliphatic heterocycles. The smallest absolute Gasteiger partial charge is 0.0917 e. The number of hydrogen-bond donors (Lipinski definition) is 1. The van der Waals surface area contributed by atoms with Gasteiger partial charge in [-0.05, 0) is 40.2 Å². The van der Waals surface area contributed by atoms with Gasteiger partial charge in [0.1, 0.15) is 0 Å². The van der Waals surface area contributed by atoms with Crippen LogP contribution < -0.4 is 0 Å². The van der Waals surface area contributed by atoms with Crippen molar-refractivity contribution in [3.63, 3.8) is 0 Å². The first kappa shape index (κ1) is 14.2. The zero-order chi connectivity index (χ0) is 13.0. The molecule has 0 saturated heterocycles. The normalized spacial score (nSPS) is 13.7. The summed E-state index contributed by atoms with van der Waals surface area (Å²) in [6.07, 6.45) is -0.402. The van der Waals surface area contributed by atoms with Crippen LogP contribution in [0.5, 0.6) is 0 Å². The van der Waals surface area contributed by atoms with Gasteiger partial charge >= 0.3 is 0 Å². The average molecular weight is 235 g/mol. The molecule has 0 saturated carbocycles. The first-order valence-electron chi connectivity index (χ1n) is 6.42. The van der Waals surface area contributed by atoms with E-state index in [2.05, 4.69) is 39.5 Å². The van der Waals surface area contributed by atoms with E-state index >= 15 is 0 Å². The molecule has 0 aliphatic rings. The van der Waals surface area contributed by atoms with E-state index in [-0.39, 0.29) is 0 Å². The molecule has 0 spiro atoms. The van der Waals surface area contributed by atoms with Crippen LogP contribution in [0, 0.1) is 6.92 Å². The monoisotopic (exact) mass is 235 g/mol. The lowest BCUT2D eigenvalue weighted by Crippen LogP contribution is -2.39. The molecular formula is C15H25NO. The lowest BCUT2D eigenvalue weighted by atomic mass is 10.1. The first-order valence-corrected chi connectivity index (χ1v) is 6.42. The van der Waals surface area contributed by atoms with E-state index in [4.69, 9.17) is 0 Å². The fourth-order valence-electron chi connectivity index (χ4n) is 2.11. The van der Waals surface area contributed by atoms with Gasteiger partial charge in [-0.25, -0.2) is 0 Å². The van der Waals surface area contributed by atoms with Crippen molar-refractivity contribution in [1.29, 1.82) is 0 Å². The molecule has 0 fully saturated rings. The number of hydrogen-bond acceptors (Lipinski definition) is 2. The van der Waals surface area contributed by atoms with Crippen molar-refractivity contribution in [2.24, 2.45) is 0 Å². The molecule has 1 aromatic carbocycles. The molecule has 1 atom stereocenters. The lowest BCUT2D eigenvalue weighted by molar-refractivity contribution is 0.0756. The summed E-state index contributed by atoms with van der Waals surface area (Å²) in [5, 5.41) is 10.2. The number of nitrogens with zero attached hydrogens (tertiary/aromatic N) is 1. The maximum Gasteiger partial charge on any atom is 0.0917 e. The van der Waals surface area contributed by atoms with E-state index in [1.807, 2.05) is 24.3 Å². The molecule has 96 valence electrons. The van der Waals surface area contributed by atoms with Crippen molar-refractivity contribution in [3.05, 3.63) is 35.4 Å². The second-order valence-electron chi connectivity index (χ2n) is 5.31. The Bertz CT molecular complexity index is 321. The number of aryl methyl sites for hydroxylation is 1. The summed E-state index contributed by atoms with van der Waals surface area (Å²) < 4.78 is 0. The van der Waals surface area contributed by atoms with E-state index in [0.29, 0.717) is 18.6 Å². The van der Waals surface area contributed by atoms with Gasteiger partial charge in [-0.15, -0.1) is 0 Å². The van der Waals surface area contributed by atoms with Gasteiger partial charge in [-0.3, -0.25) is 4.90 Å². The molecule has 1 aromatic rings. The highest BCUT2D eigenvalue weighted by molar-refractivity contribution is 5.23. The largest absolute Gasteiger partial charge is 0.387 e. The number of benzene rings is 1. The van der Waals surface area contributed by atoms with Crippen molar-refractivity contribution < 1.29 is 5.11 Å². The molecule has 2 nitrogen and oxygen atoms in total. The van der Waals surface area contributed by atoms with Crippen molar-refractivity contribution in [2.75, 3.05) is 6.54 Å². The Labute approximate surface area is 105 Å². The summed E-state index contributed by atoms with van der Waals surface area (Å²) >= 11 is 0. The lowest BCUT2D eigenvalue weighted by Gasteiger charge is -2.32. The summed E-state index contributed by atoms with van der Waals surface area (Å²) in [5.41, 5.74) is 2.23. The maximum atomic E-state index is 10.2. The standard InChI is InChI=1S/C15H25NO/c1-11(2)16(12(3)4)10-15(17)14-8-6-13(5)7-9-14/h6-9,11-12,15,17H,10H2,1-5H3. The van der Waals surface area contributed by atoms with Crippen LogP contribution >= 0.6 is 0 Å². The predicted molar refractivity (Wildman–Crippen MR) is 73.1 cm³/mol. The van der Waals surface area contributed by atoms with Crippen molar-refractivity contribution in [1.82, 2.24) is 4.90 Å². The molecule has 0 aliphatic carbocycles. The van der Waals surface area contributed by atoms with Gasteiger partial charge in [0.05, 0.1) is 6.10 Å². The van der Waals surface area contributed by atoms with Crippen LogP contribution in [0.3, 0.4) is 0 Å². The molecule has 0 heterocycles. The zero-order valence-corrected chi connectivity index (χ0v) is 11.6. The number of aliphatic hydroxyl groups excluding tert-OH is 1. The van der Waals surface area contributed by atoms with Crippen LogP contribution in [-0.2, 0) is 0 Å². The van der Waals surface area contributed by atoms with E-state index in [0.717, 1.165) is 5.56 Å². The van der Waals surface area contributed by atoms with Gasteiger partial charge < -0.3 is 5.11 Å². The summed E-state index contributed by atoms with van der Waals surface area (Å²) in [6.45, 7) is 11.4. The molecular weight excluding hydrogens is 210 g/mol. The zero-order valence-electron chi connectivity index (χ0n) is 11.6. The molecule has 0 bridgehead atoms. The van der Waals surface area contributed by atoms with E-state index < -0.39 is 6.10 Å². The summed E-state index contributed by atoms with van der Waals surface area (Å²) in [7, 11) is 0. The fraction of sp³-hybridized carbons (Fsp3) is 0.600. The molecule has 1 unspecified atom stereocenters. The molecule has 17 heavy (non-hydrogen) atoms. The van der Waals surface area contributed by atoms with Crippen molar-refractivity contribution in [3.8, 4) is 0 Å². The quantitative estimate of drug-likeness (QED) is 0.847. The highest BCUT2D eigenvalue weighted by Gasteiger charge is 2.18. The highest BCUT2D eigenvalue weighted by Crippen LogP contribution is 2.17. The van der Waals surface area contributed by atoms with E-state index in [9.17, 15) is 5.11 Å². The molecule has 1 rings (SSSR count). The number of aliphatic hydroxyl groups is 1. The van der Waals surface area contributed by atoms with Crippen LogP contribution in [0.2, 0.25) is 0 Å². The minimum Gasteiger partial charge on any atom is -0.387 e. The van der Waals surface area contributed by atoms with E-state index in [1.165, 1.54) is 5.56 Å². The third-order valence-electron chi connectivity index (χ3n) is 3.17. The molecule has 0 radical (unpaired) electrons. The Morgan fingerprint density at radius 3 is 1.88 bits per heavy atom. The van der Waals surface area contributed by atoms with Gasteiger partial charge in [-0.1, -0.05) is 29.8 Å². The average Bonchev–Trinajstić information content (AvgIpc) is 2.25. The minimum atomic E-state index is -0.402. The summed E-state index contributed by atoms with van der Waals surface area (Å²) in [5.74, 6) is 0.